The zero-order chi connectivity index (χ0) is 0. The average molecular weight is 283 g/mol. The van der Waals surface area contributed by atoms with Crippen LogP contribution in [0.25, 0.3) is 0 Å². The fourth-order valence-corrected chi connectivity index (χ4v) is 0. The van der Waals surface area contributed by atoms with Gasteiger partial charge in [-0.3, -0.25) is 0 Å². The van der Waals surface area contributed by atoms with Crippen LogP contribution in [0.3, 0.4) is 0 Å². The third kappa shape index (κ3) is 23.4. The Morgan fingerprint density at radius 2 is 1.00 bits per heavy atom. The quantitative estimate of drug-likeness (QED) is 0.493. The summed E-state index contributed by atoms with van der Waals surface area (Å²) in [6.07, 6.45) is 0. The van der Waals surface area contributed by atoms with Crippen LogP contribution in [0.4, 0.5) is 0 Å². The molecule has 5 heavy (non-hydrogen) atoms. The first-order valence-corrected chi connectivity index (χ1v) is 0. The second-order valence-electron chi connectivity index (χ2n) is 0. The Kier molecular flexibility index (Phi) is 437. The molecule has 0 atom stereocenters. The Morgan fingerprint density at radius 3 is 1.00 bits per heavy atom. The van der Waals surface area contributed by atoms with Gasteiger partial charge in [0.1, 0.15) is 0 Å². The minimum atomic E-state index is 0. The predicted molar refractivity (Wildman–Crippen MR) is 17.3 cm³/mol. The molecule has 13 radical (unpaired) electrons. The van der Waals surface area contributed by atoms with E-state index in [4.69, 9.17) is 0 Å². The van der Waals surface area contributed by atoms with E-state index in [2.05, 4.69) is 0 Å². The third-order valence-corrected chi connectivity index (χ3v) is 0. The Morgan fingerprint density at radius 1 is 1.00 bits per heavy atom. The van der Waals surface area contributed by atoms with Crippen molar-refractivity contribution in [2.75, 3.05) is 0 Å². The van der Waals surface area contributed by atoms with Crippen LogP contribution in [0.2, 0.25) is 0 Å². The van der Waals surface area contributed by atoms with Crippen molar-refractivity contribution in [1.29, 1.82) is 0 Å². The molecule has 0 saturated heterocycles. The van der Waals surface area contributed by atoms with E-state index >= 15 is 0 Å². The third-order valence-electron chi connectivity index (χ3n) is 0. The molecule has 0 fully saturated rings. The van der Waals surface area contributed by atoms with Gasteiger partial charge in [-0.15, -0.1) is 0 Å². The Hall–Kier alpha value is 2.08. The summed E-state index contributed by atoms with van der Waals surface area (Å²) in [5.74, 6) is 0. The van der Waals surface area contributed by atoms with Crippen LogP contribution < -0.4 is 0 Å². The average Bonchev–Trinajstić information content (AvgIpc) is 0. The van der Waals surface area contributed by atoms with E-state index < -0.39 is 0 Å². The van der Waals surface area contributed by atoms with Gasteiger partial charge in [-0.25, -0.2) is 0 Å². The fraction of sp³-hybridized carbons (Fsp3) is 0. The van der Waals surface area contributed by atoms with Crippen LogP contribution in [0, 0.1) is 0 Å². The summed E-state index contributed by atoms with van der Waals surface area (Å²) in [5.41, 5.74) is 0. The first-order chi connectivity index (χ1) is 0. The molecule has 0 rings (SSSR count). The minimum Gasteiger partial charge on any atom is 0 e. The van der Waals surface area contributed by atoms with Gasteiger partial charge < -0.3 is 0 Å². The molecule has 0 bridgehead atoms. The second-order valence-corrected chi connectivity index (χ2v) is 0. The van der Waals surface area contributed by atoms with Crippen LogP contribution in [-0.4, -0.2) is 37.0 Å². The number of hydrogen-bond donors (Lipinski definition) is 0. The van der Waals surface area contributed by atoms with Crippen molar-refractivity contribution in [1.82, 2.24) is 0 Å². The van der Waals surface area contributed by atoms with E-state index in [-0.39, 0.29) is 76.4 Å². The summed E-state index contributed by atoms with van der Waals surface area (Å²) in [6.45, 7) is 0. The van der Waals surface area contributed by atoms with E-state index in [0.29, 0.717) is 0 Å². The summed E-state index contributed by atoms with van der Waals surface area (Å²) in [5, 5.41) is 0. The SMILES string of the molecule is [Ag].[B].[Cu].[Ge].[Si]. The van der Waals surface area contributed by atoms with E-state index in [1.54, 1.807) is 0 Å². The summed E-state index contributed by atoms with van der Waals surface area (Å²) in [6, 6.07) is 0. The molecule has 0 aromatic rings. The maximum Gasteiger partial charge on any atom is 0 e. The minimum absolute atomic E-state index is 0. The predicted octanol–water partition coefficient (Wildman–Crippen LogP) is -1.15. The molecule has 0 aromatic heterocycles. The summed E-state index contributed by atoms with van der Waals surface area (Å²) >= 11 is 0. The maximum absolute atomic E-state index is 0. The maximum atomic E-state index is 0. The standard InChI is InChI=1S/Ag.B.Cu.Ge.Si. The van der Waals surface area contributed by atoms with Crippen molar-refractivity contribution in [3.05, 3.63) is 0 Å². The van der Waals surface area contributed by atoms with Crippen molar-refractivity contribution in [3.63, 3.8) is 0 Å². The van der Waals surface area contributed by atoms with Crippen molar-refractivity contribution < 1.29 is 39.4 Å². The van der Waals surface area contributed by atoms with Crippen LogP contribution in [0.5, 0.6) is 0 Å². The van der Waals surface area contributed by atoms with Gasteiger partial charge in [-0.1, -0.05) is 0 Å². The Bertz CT molecular complexity index is 11.6. The van der Waals surface area contributed by atoms with E-state index in [0.717, 1.165) is 0 Å². The number of rotatable bonds is 0. The van der Waals surface area contributed by atoms with Crippen molar-refractivity contribution in [2.24, 2.45) is 0 Å². The summed E-state index contributed by atoms with van der Waals surface area (Å²) < 4.78 is 0. The molecule has 0 aliphatic heterocycles. The largest absolute Gasteiger partial charge is 0 e. The van der Waals surface area contributed by atoms with Crippen molar-refractivity contribution in [2.45, 2.75) is 0 Å². The van der Waals surface area contributed by atoms with Gasteiger partial charge in [-0.05, 0) is 0 Å². The Balaban J connectivity index is 0. The zero-order valence-electron chi connectivity index (χ0n) is 2.18. The second kappa shape index (κ2) is 36.2. The molecule has 0 heterocycles. The zero-order valence-corrected chi connectivity index (χ0v) is 7.70. The molecule has 0 spiro atoms. The fourth-order valence-electron chi connectivity index (χ4n) is 0. The van der Waals surface area contributed by atoms with Gasteiger partial charge in [0.25, 0.3) is 0 Å². The molecule has 0 N–H and O–H groups in total. The van der Waals surface area contributed by atoms with Crippen molar-refractivity contribution in [3.8, 4) is 0 Å². The molecule has 0 amide bonds. The van der Waals surface area contributed by atoms with E-state index in [9.17, 15) is 0 Å². The molecule has 0 aliphatic carbocycles. The monoisotopic (exact) mass is 283 g/mol. The smallest absolute Gasteiger partial charge is 0 e. The van der Waals surface area contributed by atoms with E-state index in [1.807, 2.05) is 0 Å². The van der Waals surface area contributed by atoms with Gasteiger partial charge in [0, 0.05) is 76.4 Å². The van der Waals surface area contributed by atoms with Gasteiger partial charge in [0.05, 0.1) is 0 Å². The molecule has 0 aromatic carbocycles. The van der Waals surface area contributed by atoms with Crippen LogP contribution in [0.1, 0.15) is 0 Å². The molecule has 0 unspecified atom stereocenters. The van der Waals surface area contributed by atoms with Gasteiger partial charge >= 0.3 is 0 Å². The van der Waals surface area contributed by atoms with Crippen LogP contribution in [0.15, 0.2) is 0 Å². The molecule has 5 heteroatoms. The molecular weight excluding hydrogens is 283 g/mol. The van der Waals surface area contributed by atoms with Crippen LogP contribution >= 0.6 is 0 Å². The summed E-state index contributed by atoms with van der Waals surface area (Å²) in [4.78, 5) is 0. The first kappa shape index (κ1) is 60.4. The molecule has 0 saturated carbocycles. The molecule has 33 valence electrons. The molecule has 0 aliphatic rings. The normalized spacial score (nSPS) is 0. The first-order valence-electron chi connectivity index (χ1n) is 0. The Labute approximate surface area is 75.8 Å². The topological polar surface area (TPSA) is 0 Å². The summed E-state index contributed by atoms with van der Waals surface area (Å²) in [7, 11) is 0. The van der Waals surface area contributed by atoms with Gasteiger partial charge in [0.2, 0.25) is 0 Å². The van der Waals surface area contributed by atoms with Crippen LogP contribution in [-0.2, 0) is 39.4 Å². The molecular formula is AgBCuGeSi. The van der Waals surface area contributed by atoms with Crippen molar-refractivity contribution >= 4 is 37.0 Å². The molecule has 0 nitrogen and oxygen atoms in total. The van der Waals surface area contributed by atoms with E-state index in [1.165, 1.54) is 0 Å². The number of hydrogen-bond acceptors (Lipinski definition) is 0. The van der Waals surface area contributed by atoms with Gasteiger partial charge in [-0.2, -0.15) is 0 Å². The van der Waals surface area contributed by atoms with Gasteiger partial charge in [0.15, 0.2) is 0 Å².